The molecule has 1 saturated heterocycles. The molecule has 0 bridgehead atoms. The maximum absolute atomic E-state index is 13.1. The quantitative estimate of drug-likeness (QED) is 0.522. The summed E-state index contributed by atoms with van der Waals surface area (Å²) in [5.74, 6) is 1.42. The summed E-state index contributed by atoms with van der Waals surface area (Å²) in [6.07, 6.45) is 7.16. The Hall–Kier alpha value is -3.13. The number of piperidine rings is 1. The molecular formula is C21H20N6OS. The Balaban J connectivity index is 1.40. The van der Waals surface area contributed by atoms with E-state index in [1.807, 2.05) is 36.2 Å². The molecule has 7 nitrogen and oxygen atoms in total. The number of fused-ring (bicyclic) bond motifs is 1. The van der Waals surface area contributed by atoms with Gasteiger partial charge in [0.15, 0.2) is 0 Å². The molecule has 1 amide bonds. The minimum Gasteiger partial charge on any atom is -0.337 e. The summed E-state index contributed by atoms with van der Waals surface area (Å²) in [5.41, 5.74) is 2.33. The highest BCUT2D eigenvalue weighted by Gasteiger charge is 2.29. The van der Waals surface area contributed by atoms with Crippen LogP contribution in [-0.4, -0.2) is 48.2 Å². The van der Waals surface area contributed by atoms with Crippen molar-refractivity contribution in [2.45, 2.75) is 25.7 Å². The van der Waals surface area contributed by atoms with Crippen molar-refractivity contribution in [1.29, 1.82) is 0 Å². The average Bonchev–Trinajstić information content (AvgIpc) is 3.43. The summed E-state index contributed by atoms with van der Waals surface area (Å²) in [6.45, 7) is 3.32. The molecule has 0 unspecified atom stereocenters. The van der Waals surface area contributed by atoms with Crippen LogP contribution in [0, 0.1) is 6.92 Å². The molecule has 5 rings (SSSR count). The minimum absolute atomic E-state index is 0.0636. The fourth-order valence-electron chi connectivity index (χ4n) is 3.79. The summed E-state index contributed by atoms with van der Waals surface area (Å²) >= 11 is 1.67. The summed E-state index contributed by atoms with van der Waals surface area (Å²) in [4.78, 5) is 34.2. The van der Waals surface area contributed by atoms with Crippen molar-refractivity contribution in [2.24, 2.45) is 0 Å². The molecule has 1 aliphatic heterocycles. The first-order valence-electron chi connectivity index (χ1n) is 9.66. The summed E-state index contributed by atoms with van der Waals surface area (Å²) in [6, 6.07) is 7.94. The maximum Gasteiger partial charge on any atom is 0.274 e. The van der Waals surface area contributed by atoms with Crippen molar-refractivity contribution in [3.8, 4) is 10.6 Å². The molecule has 8 heteroatoms. The largest absolute Gasteiger partial charge is 0.337 e. The van der Waals surface area contributed by atoms with Crippen LogP contribution in [0.25, 0.3) is 16.3 Å². The second kappa shape index (κ2) is 7.36. The maximum atomic E-state index is 13.1. The molecule has 0 saturated carbocycles. The van der Waals surface area contributed by atoms with Gasteiger partial charge in [-0.1, -0.05) is 6.07 Å². The minimum atomic E-state index is -0.0636. The lowest BCUT2D eigenvalue weighted by atomic mass is 9.96. The highest BCUT2D eigenvalue weighted by atomic mass is 32.1. The zero-order valence-corrected chi connectivity index (χ0v) is 16.8. The van der Waals surface area contributed by atoms with Crippen LogP contribution in [0.1, 0.15) is 40.8 Å². The number of nitrogens with zero attached hydrogens (tertiary/aromatic N) is 6. The van der Waals surface area contributed by atoms with Crippen molar-refractivity contribution in [3.63, 3.8) is 0 Å². The molecule has 1 atom stereocenters. The van der Waals surface area contributed by atoms with Crippen molar-refractivity contribution in [2.75, 3.05) is 13.1 Å². The standard InChI is InChI=1S/C21H20N6OS/c1-14-11-16(18-6-3-10-29-18)24-19(23-14)15-5-2-8-26(12-15)20(28)17-13-27-9-4-7-22-21(27)25-17/h3-4,6-7,9-11,13,15H,2,5,8,12H2,1H3/t15-/m1/s1. The van der Waals surface area contributed by atoms with Crippen molar-refractivity contribution in [3.05, 3.63) is 65.4 Å². The molecule has 5 heterocycles. The molecule has 1 fully saturated rings. The summed E-state index contributed by atoms with van der Waals surface area (Å²) in [5, 5.41) is 2.05. The van der Waals surface area contributed by atoms with Crippen LogP contribution < -0.4 is 0 Å². The van der Waals surface area contributed by atoms with E-state index < -0.39 is 0 Å². The van der Waals surface area contributed by atoms with E-state index in [0.717, 1.165) is 41.5 Å². The van der Waals surface area contributed by atoms with E-state index >= 15 is 0 Å². The van der Waals surface area contributed by atoms with Crippen molar-refractivity contribution < 1.29 is 4.79 Å². The topological polar surface area (TPSA) is 76.3 Å². The molecule has 29 heavy (non-hydrogen) atoms. The van der Waals surface area contributed by atoms with Gasteiger partial charge in [-0.15, -0.1) is 11.3 Å². The predicted octanol–water partition coefficient (Wildman–Crippen LogP) is 3.58. The Morgan fingerprint density at radius 3 is 3.00 bits per heavy atom. The molecule has 1 aliphatic rings. The van der Waals surface area contributed by atoms with Crippen LogP contribution in [0.15, 0.2) is 48.2 Å². The normalized spacial score (nSPS) is 17.0. The number of imidazole rings is 1. The Kier molecular flexibility index (Phi) is 4.55. The van der Waals surface area contributed by atoms with Crippen molar-refractivity contribution in [1.82, 2.24) is 29.2 Å². The second-order valence-corrected chi connectivity index (χ2v) is 8.22. The number of likely N-dealkylation sites (tertiary alicyclic amines) is 1. The van der Waals surface area contributed by atoms with E-state index in [1.54, 1.807) is 28.1 Å². The van der Waals surface area contributed by atoms with E-state index in [-0.39, 0.29) is 11.8 Å². The third-order valence-corrected chi connectivity index (χ3v) is 6.07. The van der Waals surface area contributed by atoms with Gasteiger partial charge in [-0.25, -0.2) is 19.9 Å². The molecule has 0 spiro atoms. The smallest absolute Gasteiger partial charge is 0.274 e. The van der Waals surface area contributed by atoms with Crippen LogP contribution in [0.2, 0.25) is 0 Å². The van der Waals surface area contributed by atoms with Crippen molar-refractivity contribution >= 4 is 23.0 Å². The highest BCUT2D eigenvalue weighted by Crippen LogP contribution is 2.29. The van der Waals surface area contributed by atoms with Gasteiger partial charge in [-0.3, -0.25) is 9.20 Å². The molecule has 4 aromatic heterocycles. The van der Waals surface area contributed by atoms with Gasteiger partial charge in [0, 0.05) is 43.3 Å². The Labute approximate surface area is 172 Å². The van der Waals surface area contributed by atoms with Gasteiger partial charge in [0.2, 0.25) is 5.78 Å². The molecule has 0 aliphatic carbocycles. The number of amides is 1. The van der Waals surface area contributed by atoms with Crippen LogP contribution in [0.3, 0.4) is 0 Å². The van der Waals surface area contributed by atoms with Gasteiger partial charge in [0.25, 0.3) is 5.91 Å². The molecule has 146 valence electrons. The molecule has 0 N–H and O–H groups in total. The zero-order valence-electron chi connectivity index (χ0n) is 16.0. The lowest BCUT2D eigenvalue weighted by Gasteiger charge is -2.31. The third-order valence-electron chi connectivity index (χ3n) is 5.17. The summed E-state index contributed by atoms with van der Waals surface area (Å²) in [7, 11) is 0. The SMILES string of the molecule is Cc1cc(-c2cccs2)nc([C@@H]2CCCN(C(=O)c3cn4cccnc4n3)C2)n1. The van der Waals surface area contributed by atoms with E-state index in [4.69, 9.17) is 9.97 Å². The molecular weight excluding hydrogens is 384 g/mol. The summed E-state index contributed by atoms with van der Waals surface area (Å²) < 4.78 is 1.77. The first-order chi connectivity index (χ1) is 14.2. The number of carbonyl (C=O) groups is 1. The average molecular weight is 404 g/mol. The molecule has 4 aromatic rings. The van der Waals surface area contributed by atoms with Gasteiger partial charge in [-0.2, -0.15) is 0 Å². The second-order valence-electron chi connectivity index (χ2n) is 7.27. The van der Waals surface area contributed by atoms with Crippen LogP contribution in [0.5, 0.6) is 0 Å². The number of carbonyl (C=O) groups excluding carboxylic acids is 1. The first-order valence-corrected chi connectivity index (χ1v) is 10.5. The highest BCUT2D eigenvalue weighted by molar-refractivity contribution is 7.13. The van der Waals surface area contributed by atoms with E-state index in [1.165, 1.54) is 0 Å². The number of rotatable bonds is 3. The van der Waals surface area contributed by atoms with Crippen LogP contribution >= 0.6 is 11.3 Å². The van der Waals surface area contributed by atoms with Gasteiger partial charge >= 0.3 is 0 Å². The lowest BCUT2D eigenvalue weighted by Crippen LogP contribution is -2.39. The fourth-order valence-corrected chi connectivity index (χ4v) is 4.48. The van der Waals surface area contributed by atoms with Gasteiger partial charge < -0.3 is 4.90 Å². The monoisotopic (exact) mass is 404 g/mol. The fraction of sp³-hybridized carbons (Fsp3) is 0.286. The molecule has 0 radical (unpaired) electrons. The van der Waals surface area contributed by atoms with Gasteiger partial charge in [-0.05, 0) is 43.3 Å². The number of aromatic nitrogens is 5. The Bertz CT molecular complexity index is 1140. The van der Waals surface area contributed by atoms with E-state index in [2.05, 4.69) is 21.4 Å². The number of thiophene rings is 1. The Morgan fingerprint density at radius 1 is 1.24 bits per heavy atom. The predicted molar refractivity (Wildman–Crippen MR) is 111 cm³/mol. The molecule has 0 aromatic carbocycles. The lowest BCUT2D eigenvalue weighted by molar-refractivity contribution is 0.0699. The number of hydrogen-bond donors (Lipinski definition) is 0. The number of hydrogen-bond acceptors (Lipinski definition) is 6. The third kappa shape index (κ3) is 3.51. The van der Waals surface area contributed by atoms with Crippen LogP contribution in [0.4, 0.5) is 0 Å². The first kappa shape index (κ1) is 17.9. The van der Waals surface area contributed by atoms with Gasteiger partial charge in [0.05, 0.1) is 10.6 Å². The van der Waals surface area contributed by atoms with E-state index in [9.17, 15) is 4.79 Å². The van der Waals surface area contributed by atoms with Gasteiger partial charge in [0.1, 0.15) is 11.5 Å². The van der Waals surface area contributed by atoms with Crippen LogP contribution in [-0.2, 0) is 0 Å². The zero-order chi connectivity index (χ0) is 19.8. The number of aryl methyl sites for hydroxylation is 1. The van der Waals surface area contributed by atoms with E-state index in [0.29, 0.717) is 18.0 Å². The Morgan fingerprint density at radius 2 is 2.17 bits per heavy atom.